The number of ether oxygens (including phenoxy) is 2. The number of rotatable bonds is 9. The van der Waals surface area contributed by atoms with Crippen molar-refractivity contribution in [3.8, 4) is 0 Å². The monoisotopic (exact) mass is 376 g/mol. The van der Waals surface area contributed by atoms with Gasteiger partial charge in [0.2, 0.25) is 5.91 Å². The van der Waals surface area contributed by atoms with Gasteiger partial charge in [0.05, 0.1) is 14.2 Å². The predicted molar refractivity (Wildman–Crippen MR) is 97.7 cm³/mol. The molecule has 0 aromatic heterocycles. The molecule has 0 aliphatic heterocycles. The molecule has 0 spiro atoms. The van der Waals surface area contributed by atoms with Gasteiger partial charge in [0.1, 0.15) is 12.1 Å². The van der Waals surface area contributed by atoms with Crippen molar-refractivity contribution in [1.29, 1.82) is 0 Å². The second kappa shape index (κ2) is 11.5. The molecule has 0 saturated heterocycles. The third kappa shape index (κ3) is 7.72. The van der Waals surface area contributed by atoms with E-state index in [-0.39, 0.29) is 18.7 Å². The Kier molecular flexibility index (Phi) is 9.28. The van der Waals surface area contributed by atoms with E-state index in [1.54, 1.807) is 42.5 Å². The summed E-state index contributed by atoms with van der Waals surface area (Å²) in [7, 11) is 2.46. The van der Waals surface area contributed by atoms with Crippen LogP contribution in [0.4, 0.5) is 0 Å². The van der Waals surface area contributed by atoms with Crippen LogP contribution in [-0.4, -0.2) is 50.1 Å². The maximum absolute atomic E-state index is 12.2. The number of amides is 2. The molecular formula is C19H24N2O6. The molecule has 0 bridgehead atoms. The van der Waals surface area contributed by atoms with Gasteiger partial charge >= 0.3 is 11.9 Å². The lowest BCUT2D eigenvalue weighted by molar-refractivity contribution is -0.144. The van der Waals surface area contributed by atoms with Gasteiger partial charge in [-0.2, -0.15) is 0 Å². The molecule has 0 radical (unpaired) electrons. The molecule has 0 heterocycles. The quantitative estimate of drug-likeness (QED) is 0.491. The van der Waals surface area contributed by atoms with E-state index in [0.717, 1.165) is 0 Å². The molecule has 0 aliphatic carbocycles. The Labute approximate surface area is 157 Å². The van der Waals surface area contributed by atoms with Crippen molar-refractivity contribution >= 4 is 23.8 Å². The van der Waals surface area contributed by atoms with E-state index in [2.05, 4.69) is 15.4 Å². The summed E-state index contributed by atoms with van der Waals surface area (Å²) < 4.78 is 9.35. The van der Waals surface area contributed by atoms with E-state index in [1.807, 2.05) is 0 Å². The van der Waals surface area contributed by atoms with Crippen molar-refractivity contribution in [3.63, 3.8) is 0 Å². The number of nitrogens with one attached hydrogen (secondary N) is 2. The summed E-state index contributed by atoms with van der Waals surface area (Å²) >= 11 is 0. The van der Waals surface area contributed by atoms with Crippen molar-refractivity contribution in [3.05, 3.63) is 48.0 Å². The molecule has 8 nitrogen and oxygen atoms in total. The molecule has 1 rings (SSSR count). The van der Waals surface area contributed by atoms with Crippen molar-refractivity contribution in [1.82, 2.24) is 10.6 Å². The van der Waals surface area contributed by atoms with Crippen molar-refractivity contribution < 1.29 is 28.7 Å². The molecule has 1 aromatic rings. The van der Waals surface area contributed by atoms with Crippen LogP contribution in [0.1, 0.15) is 30.1 Å². The van der Waals surface area contributed by atoms with Crippen LogP contribution in [0.5, 0.6) is 0 Å². The molecular weight excluding hydrogens is 352 g/mol. The molecule has 2 atom stereocenters. The molecule has 0 aliphatic rings. The number of carbonyl (C=O) groups excluding carboxylic acids is 4. The molecule has 146 valence electrons. The maximum atomic E-state index is 12.2. The fourth-order valence-electron chi connectivity index (χ4n) is 2.25. The molecule has 27 heavy (non-hydrogen) atoms. The molecule has 1 aromatic carbocycles. The van der Waals surface area contributed by atoms with E-state index < -0.39 is 29.9 Å². The van der Waals surface area contributed by atoms with Crippen LogP contribution < -0.4 is 10.6 Å². The van der Waals surface area contributed by atoms with Crippen LogP contribution in [0.15, 0.2) is 42.5 Å². The van der Waals surface area contributed by atoms with Crippen LogP contribution in [0.25, 0.3) is 0 Å². The largest absolute Gasteiger partial charge is 0.467 e. The van der Waals surface area contributed by atoms with Crippen LogP contribution in [0.2, 0.25) is 0 Å². The van der Waals surface area contributed by atoms with Gasteiger partial charge in [-0.3, -0.25) is 9.59 Å². The zero-order valence-electron chi connectivity index (χ0n) is 15.6. The van der Waals surface area contributed by atoms with Crippen molar-refractivity contribution in [2.45, 2.75) is 31.8 Å². The number of carbonyl (C=O) groups is 4. The fraction of sp³-hybridized carbons (Fsp3) is 0.368. The number of esters is 2. The Morgan fingerprint density at radius 3 is 1.81 bits per heavy atom. The summed E-state index contributed by atoms with van der Waals surface area (Å²) in [6, 6.07) is 6.79. The lowest BCUT2D eigenvalue weighted by Crippen LogP contribution is -2.41. The zero-order valence-corrected chi connectivity index (χ0v) is 15.6. The summed E-state index contributed by atoms with van der Waals surface area (Å²) in [4.78, 5) is 46.9. The van der Waals surface area contributed by atoms with Gasteiger partial charge in [-0.1, -0.05) is 30.4 Å². The Morgan fingerprint density at radius 2 is 1.37 bits per heavy atom. The van der Waals surface area contributed by atoms with Gasteiger partial charge in [-0.15, -0.1) is 0 Å². The average molecular weight is 376 g/mol. The summed E-state index contributed by atoms with van der Waals surface area (Å²) in [6.07, 6.45) is 3.61. The van der Waals surface area contributed by atoms with Gasteiger partial charge in [0.25, 0.3) is 5.91 Å². The van der Waals surface area contributed by atoms with Gasteiger partial charge in [0.15, 0.2) is 0 Å². The first-order valence-electron chi connectivity index (χ1n) is 8.32. The van der Waals surface area contributed by atoms with Crippen LogP contribution in [-0.2, 0) is 23.9 Å². The van der Waals surface area contributed by atoms with Gasteiger partial charge < -0.3 is 20.1 Å². The normalized spacial score (nSPS) is 12.7. The van der Waals surface area contributed by atoms with E-state index in [0.29, 0.717) is 5.56 Å². The summed E-state index contributed by atoms with van der Waals surface area (Å²) in [6.45, 7) is 1.30. The topological polar surface area (TPSA) is 111 Å². The highest BCUT2D eigenvalue weighted by Gasteiger charge is 2.21. The Bertz CT molecular complexity index is 687. The minimum absolute atomic E-state index is 0.166. The smallest absolute Gasteiger partial charge is 0.328 e. The highest BCUT2D eigenvalue weighted by Crippen LogP contribution is 2.04. The van der Waals surface area contributed by atoms with Gasteiger partial charge in [-0.05, 0) is 25.0 Å². The SMILES string of the molecule is COC(=O)C(C/C=C/CC(NC(=O)c1ccccc1)C(=O)OC)NC(C)=O. The molecule has 2 amide bonds. The summed E-state index contributed by atoms with van der Waals surface area (Å²) in [5.41, 5.74) is 0.423. The molecule has 0 fully saturated rings. The molecule has 8 heteroatoms. The predicted octanol–water partition coefficient (Wildman–Crippen LogP) is 0.972. The minimum Gasteiger partial charge on any atom is -0.467 e. The fourth-order valence-corrected chi connectivity index (χ4v) is 2.25. The van der Waals surface area contributed by atoms with E-state index in [4.69, 9.17) is 4.74 Å². The van der Waals surface area contributed by atoms with E-state index in [1.165, 1.54) is 21.1 Å². The highest BCUT2D eigenvalue weighted by atomic mass is 16.5. The molecule has 2 N–H and O–H groups in total. The lowest BCUT2D eigenvalue weighted by atomic mass is 10.1. The van der Waals surface area contributed by atoms with Gasteiger partial charge in [-0.25, -0.2) is 9.59 Å². The van der Waals surface area contributed by atoms with E-state index in [9.17, 15) is 19.2 Å². The lowest BCUT2D eigenvalue weighted by Gasteiger charge is -2.15. The van der Waals surface area contributed by atoms with Crippen LogP contribution >= 0.6 is 0 Å². The highest BCUT2D eigenvalue weighted by molar-refractivity contribution is 5.96. The first kappa shape index (κ1) is 21.9. The second-order valence-electron chi connectivity index (χ2n) is 5.63. The van der Waals surface area contributed by atoms with E-state index >= 15 is 0 Å². The van der Waals surface area contributed by atoms with Crippen molar-refractivity contribution in [2.24, 2.45) is 0 Å². The van der Waals surface area contributed by atoms with Crippen LogP contribution in [0.3, 0.4) is 0 Å². The van der Waals surface area contributed by atoms with Gasteiger partial charge in [0, 0.05) is 12.5 Å². The number of methoxy groups -OCH3 is 2. The Morgan fingerprint density at radius 1 is 0.889 bits per heavy atom. The Balaban J connectivity index is 2.69. The third-order valence-electron chi connectivity index (χ3n) is 3.60. The first-order valence-corrected chi connectivity index (χ1v) is 8.32. The summed E-state index contributed by atoms with van der Waals surface area (Å²) in [5.74, 6) is -1.92. The number of hydrogen-bond acceptors (Lipinski definition) is 6. The number of hydrogen-bond donors (Lipinski definition) is 2. The van der Waals surface area contributed by atoms with Crippen LogP contribution in [0, 0.1) is 0 Å². The number of benzene rings is 1. The molecule has 0 saturated carbocycles. The summed E-state index contributed by atoms with van der Waals surface area (Å²) in [5, 5.41) is 5.09. The minimum atomic E-state index is -0.878. The third-order valence-corrected chi connectivity index (χ3v) is 3.60. The zero-order chi connectivity index (χ0) is 20.2. The molecule has 2 unspecified atom stereocenters. The first-order chi connectivity index (χ1) is 12.9. The maximum Gasteiger partial charge on any atom is 0.328 e. The Hall–Kier alpha value is -3.16. The average Bonchev–Trinajstić information content (AvgIpc) is 2.68. The standard InChI is InChI=1S/C19H24N2O6/c1-13(22)20-15(18(24)26-2)11-7-8-12-16(19(25)27-3)21-17(23)14-9-5-4-6-10-14/h4-10,15-16H,11-12H2,1-3H3,(H,20,22)(H,21,23)/b8-7+. The second-order valence-corrected chi connectivity index (χ2v) is 5.63. The van der Waals surface area contributed by atoms with Crippen molar-refractivity contribution in [2.75, 3.05) is 14.2 Å².